The summed E-state index contributed by atoms with van der Waals surface area (Å²) in [5.74, 6) is -0.173. The molecule has 3 unspecified atom stereocenters. The fraction of sp³-hybridized carbons (Fsp3) is 0.500. The van der Waals surface area contributed by atoms with Gasteiger partial charge >= 0.3 is 6.18 Å². The molecule has 12 heteroatoms. The molecule has 1 aromatic carbocycles. The Labute approximate surface area is 210 Å². The standard InChI is InChI=1S/C24H31F3N4O4S/c1-15-10-12-31(13-11-15)21-18(6-9-20(30-21)24(25,26)27)14-29-22(32)16(2)17-4-7-19(8-5-17)23(3,28)35-36(33)34/h4-9,15-16H,10-14,28H2,1-3H3,(H,29,32)(H,33,34)/p-1. The first-order valence-electron chi connectivity index (χ1n) is 11.6. The molecule has 1 fully saturated rings. The second kappa shape index (κ2) is 11.2. The molecule has 2 aromatic rings. The first-order chi connectivity index (χ1) is 16.8. The summed E-state index contributed by atoms with van der Waals surface area (Å²) < 4.78 is 66.3. The van der Waals surface area contributed by atoms with E-state index in [0.29, 0.717) is 35.7 Å². The second-order valence-corrected chi connectivity index (χ2v) is 9.88. The van der Waals surface area contributed by atoms with Crippen molar-refractivity contribution in [1.29, 1.82) is 0 Å². The van der Waals surface area contributed by atoms with Gasteiger partial charge in [0.05, 0.1) is 17.3 Å². The largest absolute Gasteiger partial charge is 0.750 e. The first kappa shape index (κ1) is 28.0. The van der Waals surface area contributed by atoms with Gasteiger partial charge in [0.1, 0.15) is 11.5 Å². The van der Waals surface area contributed by atoms with Crippen molar-refractivity contribution >= 4 is 23.1 Å². The summed E-state index contributed by atoms with van der Waals surface area (Å²) in [5.41, 5.74) is 4.92. The maximum Gasteiger partial charge on any atom is 0.433 e. The Kier molecular flexibility index (Phi) is 8.75. The Morgan fingerprint density at radius 1 is 1.25 bits per heavy atom. The summed E-state index contributed by atoms with van der Waals surface area (Å²) in [5, 5.41) is 2.80. The van der Waals surface area contributed by atoms with Crippen LogP contribution in [0, 0.1) is 5.92 Å². The third-order valence-corrected chi connectivity index (χ3v) is 6.88. The number of hydrogen-bond acceptors (Lipinski definition) is 7. The lowest BCUT2D eigenvalue weighted by Crippen LogP contribution is -2.37. The molecule has 0 saturated carbocycles. The number of pyridine rings is 1. The van der Waals surface area contributed by atoms with Gasteiger partial charge in [-0.2, -0.15) is 13.2 Å². The lowest BCUT2D eigenvalue weighted by Gasteiger charge is -2.33. The molecular weight excluding hydrogens is 497 g/mol. The summed E-state index contributed by atoms with van der Waals surface area (Å²) >= 11 is -2.80. The molecule has 1 aliphatic heterocycles. The van der Waals surface area contributed by atoms with Gasteiger partial charge in [-0.05, 0) is 49.8 Å². The number of benzene rings is 1. The number of anilines is 1. The summed E-state index contributed by atoms with van der Waals surface area (Å²) in [6.07, 6.45) is -2.85. The Morgan fingerprint density at radius 2 is 1.86 bits per heavy atom. The number of alkyl halides is 3. The summed E-state index contributed by atoms with van der Waals surface area (Å²) in [4.78, 5) is 18.6. The molecule has 0 aliphatic carbocycles. The van der Waals surface area contributed by atoms with E-state index < -0.39 is 34.9 Å². The van der Waals surface area contributed by atoms with E-state index in [1.54, 1.807) is 31.2 Å². The van der Waals surface area contributed by atoms with Crippen molar-refractivity contribution in [3.05, 3.63) is 58.8 Å². The molecule has 198 valence electrons. The quantitative estimate of drug-likeness (QED) is 0.397. The van der Waals surface area contributed by atoms with Crippen molar-refractivity contribution in [2.45, 2.75) is 58.0 Å². The first-order valence-corrected chi connectivity index (χ1v) is 12.6. The van der Waals surface area contributed by atoms with E-state index >= 15 is 0 Å². The van der Waals surface area contributed by atoms with Crippen LogP contribution in [0.5, 0.6) is 0 Å². The van der Waals surface area contributed by atoms with Gasteiger partial charge in [-0.25, -0.2) is 9.19 Å². The Bertz CT molecular complexity index is 1090. The van der Waals surface area contributed by atoms with Crippen LogP contribution >= 0.6 is 0 Å². The number of nitrogens with two attached hydrogens (primary N) is 1. The van der Waals surface area contributed by atoms with Crippen LogP contribution in [-0.2, 0) is 38.8 Å². The minimum Gasteiger partial charge on any atom is -0.750 e. The van der Waals surface area contributed by atoms with Gasteiger partial charge in [-0.15, -0.1) is 0 Å². The molecule has 1 aliphatic rings. The number of amides is 1. The van der Waals surface area contributed by atoms with Crippen LogP contribution in [0.4, 0.5) is 19.0 Å². The van der Waals surface area contributed by atoms with Crippen LogP contribution in [0.25, 0.3) is 0 Å². The minimum absolute atomic E-state index is 0.0256. The topological polar surface area (TPSA) is 121 Å². The molecule has 1 aromatic heterocycles. The molecule has 8 nitrogen and oxygen atoms in total. The zero-order valence-electron chi connectivity index (χ0n) is 20.3. The van der Waals surface area contributed by atoms with Crippen molar-refractivity contribution in [2.24, 2.45) is 11.7 Å². The van der Waals surface area contributed by atoms with Crippen molar-refractivity contribution < 1.29 is 30.9 Å². The van der Waals surface area contributed by atoms with Gasteiger partial charge in [-0.3, -0.25) is 14.7 Å². The molecule has 2 heterocycles. The fourth-order valence-corrected chi connectivity index (χ4v) is 4.43. The Morgan fingerprint density at radius 3 is 2.42 bits per heavy atom. The molecular formula is C24H30F3N4O4S-. The zero-order valence-corrected chi connectivity index (χ0v) is 21.1. The van der Waals surface area contributed by atoms with E-state index in [1.165, 1.54) is 13.0 Å². The maximum atomic E-state index is 13.3. The molecule has 0 bridgehead atoms. The number of nitrogens with one attached hydrogen (secondary N) is 1. The van der Waals surface area contributed by atoms with Crippen molar-refractivity contribution in [3.63, 3.8) is 0 Å². The van der Waals surface area contributed by atoms with Crippen LogP contribution in [0.1, 0.15) is 61.9 Å². The normalized spacial score (nSPS) is 18.4. The average Bonchev–Trinajstić information content (AvgIpc) is 2.81. The third kappa shape index (κ3) is 7.02. The summed E-state index contributed by atoms with van der Waals surface area (Å²) in [6, 6.07) is 8.72. The third-order valence-electron chi connectivity index (χ3n) is 6.40. The monoisotopic (exact) mass is 527 g/mol. The minimum atomic E-state index is -4.56. The number of aromatic nitrogens is 1. The smallest absolute Gasteiger partial charge is 0.433 e. The van der Waals surface area contributed by atoms with Crippen LogP contribution in [0.3, 0.4) is 0 Å². The predicted octanol–water partition coefficient (Wildman–Crippen LogP) is 3.70. The number of nitrogens with zero attached hydrogens (tertiary/aromatic N) is 2. The van der Waals surface area contributed by atoms with Gasteiger partial charge in [0, 0.05) is 25.2 Å². The van der Waals surface area contributed by atoms with Gasteiger partial charge in [0.15, 0.2) is 5.72 Å². The summed E-state index contributed by atoms with van der Waals surface area (Å²) in [6.45, 7) is 6.42. The number of halogens is 3. The Balaban J connectivity index is 1.72. The van der Waals surface area contributed by atoms with E-state index in [2.05, 4.69) is 17.2 Å². The molecule has 0 radical (unpaired) electrons. The molecule has 36 heavy (non-hydrogen) atoms. The van der Waals surface area contributed by atoms with Crippen LogP contribution in [0.15, 0.2) is 36.4 Å². The zero-order chi connectivity index (χ0) is 26.7. The molecule has 3 rings (SSSR count). The number of piperidine rings is 1. The van der Waals surface area contributed by atoms with E-state index in [9.17, 15) is 26.7 Å². The van der Waals surface area contributed by atoms with Crippen LogP contribution in [0.2, 0.25) is 0 Å². The van der Waals surface area contributed by atoms with E-state index in [4.69, 9.17) is 9.92 Å². The van der Waals surface area contributed by atoms with E-state index in [0.717, 1.165) is 18.9 Å². The number of carbonyl (C=O) groups is 1. The van der Waals surface area contributed by atoms with Crippen molar-refractivity contribution in [3.8, 4) is 0 Å². The fourth-order valence-electron chi connectivity index (χ4n) is 4.05. The van der Waals surface area contributed by atoms with E-state index in [-0.39, 0.29) is 18.3 Å². The lowest BCUT2D eigenvalue weighted by atomic mass is 9.96. The maximum absolute atomic E-state index is 13.3. The highest BCUT2D eigenvalue weighted by Crippen LogP contribution is 2.32. The highest BCUT2D eigenvalue weighted by Gasteiger charge is 2.34. The highest BCUT2D eigenvalue weighted by molar-refractivity contribution is 7.74. The molecule has 1 amide bonds. The lowest BCUT2D eigenvalue weighted by molar-refractivity contribution is -0.141. The number of rotatable bonds is 8. The predicted molar refractivity (Wildman–Crippen MR) is 128 cm³/mol. The Hall–Kier alpha value is -2.54. The van der Waals surface area contributed by atoms with Crippen molar-refractivity contribution in [1.82, 2.24) is 10.3 Å². The van der Waals surface area contributed by atoms with Crippen LogP contribution in [-0.4, -0.2) is 32.7 Å². The highest BCUT2D eigenvalue weighted by atomic mass is 32.2. The number of hydrogen-bond donors (Lipinski definition) is 2. The van der Waals surface area contributed by atoms with E-state index in [1.807, 2.05) is 4.90 Å². The van der Waals surface area contributed by atoms with Crippen molar-refractivity contribution in [2.75, 3.05) is 18.0 Å². The van der Waals surface area contributed by atoms with Gasteiger partial charge in [-0.1, -0.05) is 37.3 Å². The number of carbonyl (C=O) groups excluding carboxylic acids is 1. The van der Waals surface area contributed by atoms with Crippen LogP contribution < -0.4 is 16.0 Å². The van der Waals surface area contributed by atoms with Gasteiger partial charge in [0.25, 0.3) is 0 Å². The molecule has 1 saturated heterocycles. The van der Waals surface area contributed by atoms with Gasteiger partial charge < -0.3 is 14.8 Å². The summed E-state index contributed by atoms with van der Waals surface area (Å²) in [7, 11) is 0. The van der Waals surface area contributed by atoms with Gasteiger partial charge in [0.2, 0.25) is 5.91 Å². The SMILES string of the molecule is CC1CCN(c2nc(C(F)(F)F)ccc2CNC(=O)C(C)c2ccc(C(C)(N)OS(=O)[O-])cc2)CC1. The molecule has 0 spiro atoms. The average molecular weight is 528 g/mol. The molecule has 3 atom stereocenters. The molecule has 3 N–H and O–H groups in total. The second-order valence-electron chi connectivity index (χ2n) is 9.30.